The van der Waals surface area contributed by atoms with Crippen LogP contribution in [0.25, 0.3) is 0 Å². The van der Waals surface area contributed by atoms with Crippen LogP contribution in [-0.4, -0.2) is 6.61 Å². The van der Waals surface area contributed by atoms with Gasteiger partial charge in [-0.3, -0.25) is 0 Å². The molecule has 0 atom stereocenters. The molecule has 0 saturated heterocycles. The number of benzene rings is 3. The van der Waals surface area contributed by atoms with Crippen molar-refractivity contribution in [3.63, 3.8) is 0 Å². The maximum atomic E-state index is 6.52. The minimum atomic E-state index is 0.348. The third-order valence-electron chi connectivity index (χ3n) is 4.52. The first-order chi connectivity index (χ1) is 14.1. The fourth-order valence-electron chi connectivity index (χ4n) is 2.91. The second-order valence-electron chi connectivity index (χ2n) is 6.79. The third kappa shape index (κ3) is 6.14. The normalized spacial score (nSPS) is 10.8. The third-order valence-corrected chi connectivity index (χ3v) is 5.24. The van der Waals surface area contributed by atoms with E-state index < -0.39 is 0 Å². The topological polar surface area (TPSA) is 30.5 Å². The highest BCUT2D eigenvalue weighted by atomic mass is 35.5. The molecule has 0 fully saturated rings. The lowest BCUT2D eigenvalue weighted by Gasteiger charge is -2.16. The van der Waals surface area contributed by atoms with Crippen molar-refractivity contribution in [2.24, 2.45) is 0 Å². The fraction of sp³-hybridized carbons (Fsp3) is 0.250. The van der Waals surface area contributed by atoms with Gasteiger partial charge in [0.15, 0.2) is 11.5 Å². The van der Waals surface area contributed by atoms with Crippen molar-refractivity contribution in [3.05, 3.63) is 93.0 Å². The van der Waals surface area contributed by atoms with Crippen LogP contribution in [0.3, 0.4) is 0 Å². The Bertz CT molecular complexity index is 942. The lowest BCUT2D eigenvalue weighted by molar-refractivity contribution is 0.269. The number of hydrogen-bond acceptors (Lipinski definition) is 3. The molecular formula is C24H25Cl2NO2. The zero-order chi connectivity index (χ0) is 20.6. The highest BCUT2D eigenvalue weighted by Crippen LogP contribution is 2.34. The molecule has 5 heteroatoms. The SMILES string of the molecule is CCOc1cc(CNCc2ccc(C)cc2)c(Cl)cc1OCc1ccccc1Cl. The number of ether oxygens (including phenoxy) is 2. The van der Waals surface area contributed by atoms with Gasteiger partial charge in [-0.15, -0.1) is 0 Å². The summed E-state index contributed by atoms with van der Waals surface area (Å²) in [7, 11) is 0. The summed E-state index contributed by atoms with van der Waals surface area (Å²) in [6, 6.07) is 19.8. The molecule has 0 bridgehead atoms. The van der Waals surface area contributed by atoms with Crippen LogP contribution in [0.1, 0.15) is 29.2 Å². The molecule has 0 aliphatic heterocycles. The maximum absolute atomic E-state index is 6.52. The van der Waals surface area contributed by atoms with Crippen LogP contribution < -0.4 is 14.8 Å². The molecule has 3 nitrogen and oxygen atoms in total. The second kappa shape index (κ2) is 10.5. The lowest BCUT2D eigenvalue weighted by atomic mass is 10.1. The van der Waals surface area contributed by atoms with Gasteiger partial charge in [0.2, 0.25) is 0 Å². The van der Waals surface area contributed by atoms with Crippen molar-refractivity contribution >= 4 is 23.2 Å². The van der Waals surface area contributed by atoms with Gasteiger partial charge in [0, 0.05) is 34.8 Å². The Morgan fingerprint density at radius 3 is 2.24 bits per heavy atom. The Morgan fingerprint density at radius 2 is 1.52 bits per heavy atom. The van der Waals surface area contributed by atoms with E-state index in [4.69, 9.17) is 32.7 Å². The molecule has 3 aromatic carbocycles. The summed E-state index contributed by atoms with van der Waals surface area (Å²) in [4.78, 5) is 0. The van der Waals surface area contributed by atoms with Crippen molar-refractivity contribution in [3.8, 4) is 11.5 Å². The average molecular weight is 430 g/mol. The van der Waals surface area contributed by atoms with Crippen molar-refractivity contribution < 1.29 is 9.47 Å². The van der Waals surface area contributed by atoms with Gasteiger partial charge in [-0.05, 0) is 37.1 Å². The van der Waals surface area contributed by atoms with Crippen LogP contribution in [0.4, 0.5) is 0 Å². The maximum Gasteiger partial charge on any atom is 0.163 e. The standard InChI is InChI=1S/C24H25Cl2NO2/c1-3-28-23-12-20(15-27-14-18-10-8-17(2)9-11-18)22(26)13-24(23)29-16-19-6-4-5-7-21(19)25/h4-13,27H,3,14-16H2,1-2H3. The second-order valence-corrected chi connectivity index (χ2v) is 7.61. The van der Waals surface area contributed by atoms with Crippen LogP contribution in [0, 0.1) is 6.92 Å². The van der Waals surface area contributed by atoms with E-state index in [-0.39, 0.29) is 0 Å². The van der Waals surface area contributed by atoms with Gasteiger partial charge in [-0.1, -0.05) is 71.2 Å². The van der Waals surface area contributed by atoms with Gasteiger partial charge in [0.1, 0.15) is 6.61 Å². The van der Waals surface area contributed by atoms with E-state index in [1.165, 1.54) is 11.1 Å². The van der Waals surface area contributed by atoms with E-state index in [0.717, 1.165) is 17.7 Å². The van der Waals surface area contributed by atoms with Crippen molar-refractivity contribution in [1.82, 2.24) is 5.32 Å². The van der Waals surface area contributed by atoms with Gasteiger partial charge in [-0.2, -0.15) is 0 Å². The molecule has 3 rings (SSSR count). The summed E-state index contributed by atoms with van der Waals surface area (Å²) in [5, 5.41) is 4.75. The lowest BCUT2D eigenvalue weighted by Crippen LogP contribution is -2.13. The number of nitrogens with one attached hydrogen (secondary N) is 1. The van der Waals surface area contributed by atoms with E-state index in [2.05, 4.69) is 36.5 Å². The predicted octanol–water partition coefficient (Wildman–Crippen LogP) is 6.57. The van der Waals surface area contributed by atoms with Crippen molar-refractivity contribution in [2.75, 3.05) is 6.61 Å². The first-order valence-electron chi connectivity index (χ1n) is 9.64. The summed E-state index contributed by atoms with van der Waals surface area (Å²) in [5.41, 5.74) is 4.37. The van der Waals surface area contributed by atoms with Crippen LogP contribution in [-0.2, 0) is 19.7 Å². The Balaban J connectivity index is 1.68. The smallest absolute Gasteiger partial charge is 0.163 e. The van der Waals surface area contributed by atoms with E-state index in [0.29, 0.717) is 41.3 Å². The molecule has 0 aliphatic rings. The van der Waals surface area contributed by atoms with Gasteiger partial charge >= 0.3 is 0 Å². The quantitative estimate of drug-likeness (QED) is 0.417. The minimum absolute atomic E-state index is 0.348. The summed E-state index contributed by atoms with van der Waals surface area (Å²) >= 11 is 12.7. The summed E-state index contributed by atoms with van der Waals surface area (Å²) < 4.78 is 11.7. The van der Waals surface area contributed by atoms with Crippen LogP contribution in [0.2, 0.25) is 10.0 Å². The van der Waals surface area contributed by atoms with Crippen molar-refractivity contribution in [2.45, 2.75) is 33.5 Å². The summed E-state index contributed by atoms with van der Waals surface area (Å²) in [6.45, 7) is 6.33. The number of rotatable bonds is 9. The highest BCUT2D eigenvalue weighted by Gasteiger charge is 2.12. The van der Waals surface area contributed by atoms with Crippen molar-refractivity contribution in [1.29, 1.82) is 0 Å². The molecule has 0 unspecified atom stereocenters. The van der Waals surface area contributed by atoms with Gasteiger partial charge in [-0.25, -0.2) is 0 Å². The first kappa shape index (κ1) is 21.5. The predicted molar refractivity (Wildman–Crippen MR) is 120 cm³/mol. The Hall–Kier alpha value is -2.20. The summed E-state index contributed by atoms with van der Waals surface area (Å²) in [5.74, 6) is 1.29. The molecule has 0 aliphatic carbocycles. The van der Waals surface area contributed by atoms with Gasteiger partial charge in [0.25, 0.3) is 0 Å². The molecule has 1 N–H and O–H groups in total. The zero-order valence-electron chi connectivity index (χ0n) is 16.7. The Morgan fingerprint density at radius 1 is 0.793 bits per heavy atom. The van der Waals surface area contributed by atoms with Crippen LogP contribution in [0.15, 0.2) is 60.7 Å². The first-order valence-corrected chi connectivity index (χ1v) is 10.4. The largest absolute Gasteiger partial charge is 0.490 e. The van der Waals surface area contributed by atoms with E-state index in [1.807, 2.05) is 43.3 Å². The number of aryl methyl sites for hydroxylation is 1. The molecule has 0 aromatic heterocycles. The average Bonchev–Trinajstić information content (AvgIpc) is 2.71. The van der Waals surface area contributed by atoms with Gasteiger partial charge < -0.3 is 14.8 Å². The van der Waals surface area contributed by atoms with Gasteiger partial charge in [0.05, 0.1) is 6.61 Å². The molecule has 0 saturated carbocycles. The molecule has 29 heavy (non-hydrogen) atoms. The van der Waals surface area contributed by atoms with E-state index >= 15 is 0 Å². The Kier molecular flexibility index (Phi) is 7.82. The van der Waals surface area contributed by atoms with Crippen LogP contribution >= 0.6 is 23.2 Å². The molecule has 0 amide bonds. The number of hydrogen-bond donors (Lipinski definition) is 1. The zero-order valence-corrected chi connectivity index (χ0v) is 18.2. The number of halogens is 2. The molecule has 152 valence electrons. The van der Waals surface area contributed by atoms with E-state index in [1.54, 1.807) is 0 Å². The molecule has 0 heterocycles. The monoisotopic (exact) mass is 429 g/mol. The molecular weight excluding hydrogens is 405 g/mol. The van der Waals surface area contributed by atoms with Crippen LogP contribution in [0.5, 0.6) is 11.5 Å². The Labute approximate surface area is 182 Å². The molecule has 0 radical (unpaired) electrons. The highest BCUT2D eigenvalue weighted by molar-refractivity contribution is 6.31. The molecule has 3 aromatic rings. The fourth-order valence-corrected chi connectivity index (χ4v) is 3.32. The summed E-state index contributed by atoms with van der Waals surface area (Å²) in [6.07, 6.45) is 0. The molecule has 0 spiro atoms. The van der Waals surface area contributed by atoms with E-state index in [9.17, 15) is 0 Å². The minimum Gasteiger partial charge on any atom is -0.490 e.